The van der Waals surface area contributed by atoms with Crippen LogP contribution in [0.5, 0.6) is 0 Å². The van der Waals surface area contributed by atoms with Crippen molar-refractivity contribution in [3.63, 3.8) is 0 Å². The lowest BCUT2D eigenvalue weighted by atomic mass is 10.1. The smallest absolute Gasteiger partial charge is 0.303 e. The number of aliphatic hydroxyl groups excluding tert-OH is 1. The van der Waals surface area contributed by atoms with E-state index < -0.39 is 5.97 Å². The molecule has 3 heteroatoms. The number of aliphatic hydroxyl groups is 1. The van der Waals surface area contributed by atoms with Crippen LogP contribution >= 0.6 is 0 Å². The van der Waals surface area contributed by atoms with Crippen molar-refractivity contribution in [3.8, 4) is 0 Å². The Morgan fingerprint density at radius 2 is 2.25 bits per heavy atom. The van der Waals surface area contributed by atoms with Gasteiger partial charge in [0.25, 0.3) is 0 Å². The summed E-state index contributed by atoms with van der Waals surface area (Å²) in [5.41, 5.74) is 0. The van der Waals surface area contributed by atoms with E-state index in [-0.39, 0.29) is 18.9 Å². The highest BCUT2D eigenvalue weighted by molar-refractivity contribution is 5.66. The molecule has 0 unspecified atom stereocenters. The molecule has 0 aliphatic carbocycles. The third kappa shape index (κ3) is 3.61. The number of aliphatic carboxylic acids is 1. The average molecular weight is 118 g/mol. The van der Waals surface area contributed by atoms with Crippen LogP contribution in [-0.2, 0) is 4.79 Å². The highest BCUT2D eigenvalue weighted by Crippen LogP contribution is 1.97. The highest BCUT2D eigenvalue weighted by atomic mass is 16.4. The Balaban J connectivity index is 3.24. The van der Waals surface area contributed by atoms with Crippen molar-refractivity contribution in [1.82, 2.24) is 0 Å². The Bertz CT molecular complexity index is 79.7. The number of hydrogen-bond donors (Lipinski definition) is 2. The summed E-state index contributed by atoms with van der Waals surface area (Å²) in [5, 5.41) is 16.4. The van der Waals surface area contributed by atoms with Gasteiger partial charge in [0, 0.05) is 6.61 Å². The van der Waals surface area contributed by atoms with Crippen molar-refractivity contribution in [2.75, 3.05) is 6.61 Å². The molecular formula is C5H10O3. The Hall–Kier alpha value is -0.570. The lowest BCUT2D eigenvalue weighted by Gasteiger charge is -2.00. The van der Waals surface area contributed by atoms with Gasteiger partial charge in [-0.2, -0.15) is 0 Å². The van der Waals surface area contributed by atoms with Crippen molar-refractivity contribution in [2.45, 2.75) is 13.3 Å². The first-order valence-corrected chi connectivity index (χ1v) is 2.49. The minimum absolute atomic E-state index is 0.0493. The van der Waals surface area contributed by atoms with Crippen LogP contribution in [0, 0.1) is 5.92 Å². The predicted molar refractivity (Wildman–Crippen MR) is 28.5 cm³/mol. The van der Waals surface area contributed by atoms with Gasteiger partial charge in [0.15, 0.2) is 0 Å². The van der Waals surface area contributed by atoms with E-state index in [1.165, 1.54) is 0 Å². The van der Waals surface area contributed by atoms with Crippen LogP contribution in [0.15, 0.2) is 0 Å². The van der Waals surface area contributed by atoms with E-state index in [9.17, 15) is 4.79 Å². The standard InChI is InChI=1S/C5H10O3/c1-4(3-6)2-5(7)8/h4,6H,2-3H2,1H3,(H,7,8)/t4-/m0/s1. The second kappa shape index (κ2) is 3.43. The van der Waals surface area contributed by atoms with Gasteiger partial charge >= 0.3 is 5.97 Å². The zero-order valence-electron chi connectivity index (χ0n) is 4.79. The molecule has 0 bridgehead atoms. The first-order chi connectivity index (χ1) is 3.66. The van der Waals surface area contributed by atoms with E-state index >= 15 is 0 Å². The van der Waals surface area contributed by atoms with Gasteiger partial charge < -0.3 is 10.2 Å². The van der Waals surface area contributed by atoms with Crippen molar-refractivity contribution in [3.05, 3.63) is 0 Å². The zero-order chi connectivity index (χ0) is 6.57. The van der Waals surface area contributed by atoms with Gasteiger partial charge in [0.05, 0.1) is 6.42 Å². The monoisotopic (exact) mass is 118 g/mol. The number of carboxylic acids is 1. The molecule has 0 aromatic rings. The summed E-state index contributed by atoms with van der Waals surface area (Å²) in [6.45, 7) is 1.64. The third-order valence-corrected chi connectivity index (χ3v) is 0.835. The quantitative estimate of drug-likeness (QED) is 0.552. The first kappa shape index (κ1) is 7.43. The van der Waals surface area contributed by atoms with Crippen LogP contribution in [0.3, 0.4) is 0 Å². The molecule has 2 N–H and O–H groups in total. The summed E-state index contributed by atoms with van der Waals surface area (Å²) >= 11 is 0. The molecule has 0 radical (unpaired) electrons. The maximum absolute atomic E-state index is 9.86. The van der Waals surface area contributed by atoms with Crippen LogP contribution in [0.25, 0.3) is 0 Å². The number of hydrogen-bond acceptors (Lipinski definition) is 2. The van der Waals surface area contributed by atoms with Gasteiger partial charge in [0.2, 0.25) is 0 Å². The van der Waals surface area contributed by atoms with Gasteiger partial charge in [-0.25, -0.2) is 0 Å². The Kier molecular flexibility index (Phi) is 3.19. The van der Waals surface area contributed by atoms with Crippen LogP contribution in [0.1, 0.15) is 13.3 Å². The molecule has 48 valence electrons. The molecule has 0 aromatic carbocycles. The largest absolute Gasteiger partial charge is 0.481 e. The van der Waals surface area contributed by atoms with Gasteiger partial charge in [-0.3, -0.25) is 4.79 Å². The summed E-state index contributed by atoms with van der Waals surface area (Å²) in [7, 11) is 0. The molecule has 0 aliphatic heterocycles. The predicted octanol–water partition coefficient (Wildman–Crippen LogP) is 0.0895. The molecular weight excluding hydrogens is 108 g/mol. The number of rotatable bonds is 3. The molecule has 0 heterocycles. The molecule has 0 saturated carbocycles. The van der Waals surface area contributed by atoms with E-state index in [1.54, 1.807) is 6.92 Å². The van der Waals surface area contributed by atoms with Gasteiger partial charge in [0.1, 0.15) is 0 Å². The summed E-state index contributed by atoms with van der Waals surface area (Å²) in [5.74, 6) is -0.973. The lowest BCUT2D eigenvalue weighted by Crippen LogP contribution is -2.07. The maximum atomic E-state index is 9.86. The van der Waals surface area contributed by atoms with Crippen molar-refractivity contribution >= 4 is 5.97 Å². The normalized spacial score (nSPS) is 13.2. The van der Waals surface area contributed by atoms with E-state index in [0.717, 1.165) is 0 Å². The van der Waals surface area contributed by atoms with Crippen molar-refractivity contribution in [1.29, 1.82) is 0 Å². The zero-order valence-corrected chi connectivity index (χ0v) is 4.79. The first-order valence-electron chi connectivity index (χ1n) is 2.49. The molecule has 0 aromatic heterocycles. The topological polar surface area (TPSA) is 57.5 Å². The van der Waals surface area contributed by atoms with Gasteiger partial charge in [-0.1, -0.05) is 6.92 Å². The fourth-order valence-electron chi connectivity index (χ4n) is 0.363. The second-order valence-electron chi connectivity index (χ2n) is 1.89. The minimum atomic E-state index is -0.855. The van der Waals surface area contributed by atoms with Crippen molar-refractivity contribution < 1.29 is 15.0 Å². The number of carbonyl (C=O) groups is 1. The minimum Gasteiger partial charge on any atom is -0.481 e. The van der Waals surface area contributed by atoms with Gasteiger partial charge in [-0.05, 0) is 5.92 Å². The molecule has 8 heavy (non-hydrogen) atoms. The SMILES string of the molecule is C[C@H](CO)CC(=O)O. The Morgan fingerprint density at radius 3 is 2.38 bits per heavy atom. The Morgan fingerprint density at radius 1 is 1.75 bits per heavy atom. The Labute approximate surface area is 47.9 Å². The molecule has 0 amide bonds. The van der Waals surface area contributed by atoms with Gasteiger partial charge in [-0.15, -0.1) is 0 Å². The van der Waals surface area contributed by atoms with Crippen LogP contribution < -0.4 is 0 Å². The molecule has 1 atom stereocenters. The molecule has 3 nitrogen and oxygen atoms in total. The molecule has 0 rings (SSSR count). The second-order valence-corrected chi connectivity index (χ2v) is 1.89. The van der Waals surface area contributed by atoms with E-state index in [4.69, 9.17) is 10.2 Å². The fourth-order valence-corrected chi connectivity index (χ4v) is 0.363. The van der Waals surface area contributed by atoms with Crippen LogP contribution in [0.4, 0.5) is 0 Å². The summed E-state index contributed by atoms with van der Waals surface area (Å²) in [6, 6.07) is 0. The average Bonchev–Trinajstić information content (AvgIpc) is 1.65. The van der Waals surface area contributed by atoms with E-state index in [2.05, 4.69) is 0 Å². The fraction of sp³-hybridized carbons (Fsp3) is 0.800. The van der Waals surface area contributed by atoms with E-state index in [1.807, 2.05) is 0 Å². The van der Waals surface area contributed by atoms with E-state index in [0.29, 0.717) is 0 Å². The maximum Gasteiger partial charge on any atom is 0.303 e. The molecule has 0 fully saturated rings. The summed E-state index contributed by atoms with van der Waals surface area (Å²) < 4.78 is 0. The summed E-state index contributed by atoms with van der Waals surface area (Å²) in [6.07, 6.45) is 0.0521. The molecule has 0 aliphatic rings. The molecule has 0 spiro atoms. The number of carboxylic acid groups (broad SMARTS) is 1. The highest BCUT2D eigenvalue weighted by Gasteiger charge is 2.03. The summed E-state index contributed by atoms with van der Waals surface area (Å²) in [4.78, 5) is 9.86. The van der Waals surface area contributed by atoms with Crippen molar-refractivity contribution in [2.24, 2.45) is 5.92 Å². The van der Waals surface area contributed by atoms with Crippen LogP contribution in [0.2, 0.25) is 0 Å². The third-order valence-electron chi connectivity index (χ3n) is 0.835. The molecule has 0 saturated heterocycles. The van der Waals surface area contributed by atoms with Crippen LogP contribution in [-0.4, -0.2) is 22.8 Å². The lowest BCUT2D eigenvalue weighted by molar-refractivity contribution is -0.138.